The maximum Gasteiger partial charge on any atom is 0.249 e. The lowest BCUT2D eigenvalue weighted by Gasteiger charge is -2.28. The molecule has 0 saturated carbocycles. The van der Waals surface area contributed by atoms with Gasteiger partial charge in [-0.2, -0.15) is 0 Å². The summed E-state index contributed by atoms with van der Waals surface area (Å²) in [5.74, 6) is 0.313. The van der Waals surface area contributed by atoms with Crippen molar-refractivity contribution < 1.29 is 9.53 Å². The Labute approximate surface area is 138 Å². The van der Waals surface area contributed by atoms with Gasteiger partial charge < -0.3 is 15.0 Å². The van der Waals surface area contributed by atoms with E-state index >= 15 is 0 Å². The summed E-state index contributed by atoms with van der Waals surface area (Å²) in [7, 11) is 0. The molecule has 2 aromatic rings. The van der Waals surface area contributed by atoms with Crippen LogP contribution in [0.2, 0.25) is 0 Å². The molecule has 1 aliphatic heterocycles. The van der Waals surface area contributed by atoms with E-state index in [1.165, 1.54) is 6.08 Å². The lowest BCUT2D eigenvalue weighted by Crippen LogP contribution is -2.36. The smallest absolute Gasteiger partial charge is 0.249 e. The summed E-state index contributed by atoms with van der Waals surface area (Å²) in [4.78, 5) is 22.7. The number of aryl methyl sites for hydroxylation is 1. The molecule has 0 unspecified atom stereocenters. The number of amides is 1. The second kappa shape index (κ2) is 7.34. The number of rotatable bonds is 4. The van der Waals surface area contributed by atoms with Gasteiger partial charge in [0.15, 0.2) is 0 Å². The Bertz CT molecular complexity index is 690. The summed E-state index contributed by atoms with van der Waals surface area (Å²) in [6.45, 7) is 5.13. The molecule has 1 saturated heterocycles. The number of hydrogen-bond acceptors (Lipinski definition) is 6. The number of carbonyl (C=O) groups is 1. The van der Waals surface area contributed by atoms with Crippen molar-refractivity contribution in [3.05, 3.63) is 40.5 Å². The van der Waals surface area contributed by atoms with Crippen molar-refractivity contribution in [2.45, 2.75) is 6.92 Å². The lowest BCUT2D eigenvalue weighted by atomic mass is 10.3. The Morgan fingerprint density at radius 2 is 2.22 bits per heavy atom. The molecule has 7 heteroatoms. The first-order valence-corrected chi connectivity index (χ1v) is 8.28. The summed E-state index contributed by atoms with van der Waals surface area (Å²) in [6.07, 6.45) is 4.93. The van der Waals surface area contributed by atoms with Gasteiger partial charge in [0.1, 0.15) is 5.82 Å². The van der Waals surface area contributed by atoms with E-state index in [1.54, 1.807) is 23.6 Å². The molecule has 0 spiro atoms. The Morgan fingerprint density at radius 3 is 2.87 bits per heavy atom. The molecule has 0 radical (unpaired) electrons. The van der Waals surface area contributed by atoms with E-state index in [4.69, 9.17) is 4.74 Å². The van der Waals surface area contributed by atoms with Crippen LogP contribution in [0.4, 0.5) is 11.5 Å². The van der Waals surface area contributed by atoms with E-state index in [1.807, 2.05) is 24.4 Å². The van der Waals surface area contributed by atoms with Crippen molar-refractivity contribution in [2.75, 3.05) is 36.5 Å². The maximum atomic E-state index is 11.9. The van der Waals surface area contributed by atoms with Crippen LogP contribution in [0.15, 0.2) is 29.8 Å². The molecule has 1 N–H and O–H groups in total. The van der Waals surface area contributed by atoms with Gasteiger partial charge in [0.2, 0.25) is 5.91 Å². The van der Waals surface area contributed by atoms with Gasteiger partial charge >= 0.3 is 0 Å². The number of anilines is 2. The quantitative estimate of drug-likeness (QED) is 0.872. The first-order valence-electron chi connectivity index (χ1n) is 7.41. The second-order valence-corrected chi connectivity index (χ2v) is 6.18. The van der Waals surface area contributed by atoms with E-state index in [9.17, 15) is 4.79 Å². The molecule has 0 atom stereocenters. The van der Waals surface area contributed by atoms with E-state index in [2.05, 4.69) is 20.2 Å². The maximum absolute atomic E-state index is 11.9. The molecule has 3 heterocycles. The zero-order valence-corrected chi connectivity index (χ0v) is 13.7. The number of nitrogens with one attached hydrogen (secondary N) is 1. The van der Waals surface area contributed by atoms with E-state index in [-0.39, 0.29) is 5.91 Å². The molecule has 1 fully saturated rings. The van der Waals surface area contributed by atoms with Crippen molar-refractivity contribution in [1.82, 2.24) is 9.97 Å². The summed E-state index contributed by atoms with van der Waals surface area (Å²) in [5.41, 5.74) is 1.83. The summed E-state index contributed by atoms with van der Waals surface area (Å²) in [6, 6.07) is 3.77. The fraction of sp³-hybridized carbons (Fsp3) is 0.312. The van der Waals surface area contributed by atoms with Crippen molar-refractivity contribution in [3.8, 4) is 0 Å². The van der Waals surface area contributed by atoms with Crippen molar-refractivity contribution >= 4 is 34.8 Å². The van der Waals surface area contributed by atoms with Gasteiger partial charge in [-0.1, -0.05) is 0 Å². The van der Waals surface area contributed by atoms with Crippen LogP contribution in [0.3, 0.4) is 0 Å². The van der Waals surface area contributed by atoms with Crippen molar-refractivity contribution in [2.24, 2.45) is 0 Å². The average Bonchev–Trinajstić information content (AvgIpc) is 3.00. The number of pyridine rings is 1. The highest BCUT2D eigenvalue weighted by atomic mass is 32.1. The van der Waals surface area contributed by atoms with Gasteiger partial charge in [-0.3, -0.25) is 4.79 Å². The van der Waals surface area contributed by atoms with Gasteiger partial charge in [-0.05, 0) is 25.1 Å². The number of morpholine rings is 1. The van der Waals surface area contributed by atoms with Crippen LogP contribution in [0.25, 0.3) is 6.08 Å². The largest absolute Gasteiger partial charge is 0.378 e. The zero-order valence-electron chi connectivity index (χ0n) is 12.9. The van der Waals surface area contributed by atoms with Crippen LogP contribution < -0.4 is 10.2 Å². The minimum absolute atomic E-state index is 0.220. The minimum Gasteiger partial charge on any atom is -0.378 e. The highest BCUT2D eigenvalue weighted by Gasteiger charge is 2.11. The van der Waals surface area contributed by atoms with Crippen LogP contribution in [0, 0.1) is 6.92 Å². The molecule has 0 aromatic carbocycles. The number of ether oxygens (including phenoxy) is 1. The summed E-state index contributed by atoms with van der Waals surface area (Å²) >= 11 is 1.56. The predicted octanol–water partition coefficient (Wildman–Crippen LogP) is 2.34. The Kier molecular flexibility index (Phi) is 4.99. The van der Waals surface area contributed by atoms with Gasteiger partial charge in [-0.25, -0.2) is 9.97 Å². The second-order valence-electron chi connectivity index (χ2n) is 5.12. The molecule has 6 nitrogen and oxygen atoms in total. The van der Waals surface area contributed by atoms with Gasteiger partial charge in [0.25, 0.3) is 0 Å². The van der Waals surface area contributed by atoms with Crippen LogP contribution >= 0.6 is 11.3 Å². The third-order valence-electron chi connectivity index (χ3n) is 3.42. The molecular formula is C16H18N4O2S. The first kappa shape index (κ1) is 15.6. The fourth-order valence-electron chi connectivity index (χ4n) is 2.25. The highest BCUT2D eigenvalue weighted by molar-refractivity contribution is 7.09. The topological polar surface area (TPSA) is 67.4 Å². The van der Waals surface area contributed by atoms with Gasteiger partial charge in [-0.15, -0.1) is 11.3 Å². The lowest BCUT2D eigenvalue weighted by molar-refractivity contribution is -0.111. The number of nitrogens with zero attached hydrogens (tertiary/aromatic N) is 3. The standard InChI is InChI=1S/C16H18N4O2S/c1-12-18-13(11-23-12)2-5-16(21)19-15-4-3-14(10-17-15)20-6-8-22-9-7-20/h2-5,10-11H,6-9H2,1H3,(H,17,19,21)/b5-2-. The van der Waals surface area contributed by atoms with Crippen molar-refractivity contribution in [3.63, 3.8) is 0 Å². The highest BCUT2D eigenvalue weighted by Crippen LogP contribution is 2.16. The Hall–Kier alpha value is -2.25. The fourth-order valence-corrected chi connectivity index (χ4v) is 2.83. The zero-order chi connectivity index (χ0) is 16.1. The molecule has 0 bridgehead atoms. The molecule has 3 rings (SSSR count). The third kappa shape index (κ3) is 4.37. The molecule has 1 aliphatic rings. The minimum atomic E-state index is -0.220. The average molecular weight is 330 g/mol. The van der Waals surface area contributed by atoms with Gasteiger partial charge in [0.05, 0.1) is 35.8 Å². The SMILES string of the molecule is Cc1nc(/C=C\C(=O)Nc2ccc(N3CCOCC3)cn2)cs1. The van der Waals surface area contributed by atoms with E-state index in [0.717, 1.165) is 42.7 Å². The molecule has 0 aliphatic carbocycles. The number of aromatic nitrogens is 2. The first-order chi connectivity index (χ1) is 11.2. The third-order valence-corrected chi connectivity index (χ3v) is 4.21. The van der Waals surface area contributed by atoms with E-state index < -0.39 is 0 Å². The number of hydrogen-bond donors (Lipinski definition) is 1. The monoisotopic (exact) mass is 330 g/mol. The van der Waals surface area contributed by atoms with E-state index in [0.29, 0.717) is 5.82 Å². The molecular weight excluding hydrogens is 312 g/mol. The molecule has 1 amide bonds. The molecule has 23 heavy (non-hydrogen) atoms. The number of carbonyl (C=O) groups excluding carboxylic acids is 1. The Morgan fingerprint density at radius 1 is 1.39 bits per heavy atom. The van der Waals surface area contributed by atoms with Crippen LogP contribution in [-0.4, -0.2) is 42.2 Å². The normalized spacial score (nSPS) is 15.1. The Balaban J connectivity index is 1.57. The molecule has 120 valence electrons. The predicted molar refractivity (Wildman–Crippen MR) is 91.8 cm³/mol. The van der Waals surface area contributed by atoms with Crippen LogP contribution in [0.5, 0.6) is 0 Å². The summed E-state index contributed by atoms with van der Waals surface area (Å²) < 4.78 is 5.33. The van der Waals surface area contributed by atoms with Gasteiger partial charge in [0, 0.05) is 24.5 Å². The molecule has 2 aromatic heterocycles. The van der Waals surface area contributed by atoms with Crippen LogP contribution in [0.1, 0.15) is 10.7 Å². The number of thiazole rings is 1. The van der Waals surface area contributed by atoms with Crippen molar-refractivity contribution in [1.29, 1.82) is 0 Å². The van der Waals surface area contributed by atoms with Crippen LogP contribution in [-0.2, 0) is 9.53 Å². The summed E-state index contributed by atoms with van der Waals surface area (Å²) in [5, 5.41) is 5.63.